The Hall–Kier alpha value is -0.810. The minimum Gasteiger partial charge on any atom is -0.457 e. The third kappa shape index (κ3) is 3.35. The summed E-state index contributed by atoms with van der Waals surface area (Å²) < 4.78 is 5.48. The molecule has 0 aliphatic heterocycles. The number of aliphatic hydroxyl groups is 1. The van der Waals surface area contributed by atoms with Crippen LogP contribution in [0.1, 0.15) is 37.0 Å². The first-order valence-electron chi connectivity index (χ1n) is 5.25. The van der Waals surface area contributed by atoms with Crippen LogP contribution >= 0.6 is 15.9 Å². The summed E-state index contributed by atoms with van der Waals surface area (Å²) in [6, 6.07) is 1.59. The van der Waals surface area contributed by atoms with Crippen molar-refractivity contribution in [3.8, 4) is 0 Å². The molecule has 5 heteroatoms. The zero-order valence-electron chi connectivity index (χ0n) is 9.42. The normalized spacial score (nSPS) is 11.5. The number of halogens is 1. The van der Waals surface area contributed by atoms with Gasteiger partial charge in [-0.25, -0.2) is 0 Å². The Labute approximate surface area is 103 Å². The van der Waals surface area contributed by atoms with Crippen molar-refractivity contribution < 1.29 is 14.3 Å². The molecule has 0 aliphatic carbocycles. The number of carbonyl (C=O) groups is 1. The molecule has 0 saturated carbocycles. The van der Waals surface area contributed by atoms with Gasteiger partial charge in [0, 0.05) is 12.6 Å². The van der Waals surface area contributed by atoms with Gasteiger partial charge < -0.3 is 14.8 Å². The number of amides is 1. The van der Waals surface area contributed by atoms with E-state index in [1.807, 2.05) is 13.8 Å². The van der Waals surface area contributed by atoms with Crippen LogP contribution in [0, 0.1) is 0 Å². The van der Waals surface area contributed by atoms with E-state index < -0.39 is 5.60 Å². The fourth-order valence-electron chi connectivity index (χ4n) is 1.28. The Morgan fingerprint density at radius 2 is 2.19 bits per heavy atom. The molecular formula is C11H16BrNO3. The van der Waals surface area contributed by atoms with Crippen LogP contribution in [0.2, 0.25) is 0 Å². The summed E-state index contributed by atoms with van der Waals surface area (Å²) in [5.74, 6) is -0.241. The quantitative estimate of drug-likeness (QED) is 0.874. The Bertz CT molecular complexity index is 358. The van der Waals surface area contributed by atoms with Gasteiger partial charge in [-0.1, -0.05) is 13.8 Å². The lowest BCUT2D eigenvalue weighted by Gasteiger charge is -2.25. The molecule has 1 aromatic rings. The van der Waals surface area contributed by atoms with E-state index in [1.54, 1.807) is 6.07 Å². The summed E-state index contributed by atoms with van der Waals surface area (Å²) in [5, 5.41) is 12.7. The second-order valence-corrected chi connectivity index (χ2v) is 4.54. The van der Waals surface area contributed by atoms with Crippen LogP contribution < -0.4 is 5.32 Å². The number of carbonyl (C=O) groups excluding carboxylic acids is 1. The van der Waals surface area contributed by atoms with Crippen molar-refractivity contribution in [3.05, 3.63) is 22.6 Å². The van der Waals surface area contributed by atoms with Crippen molar-refractivity contribution in [1.82, 2.24) is 5.32 Å². The molecule has 0 spiro atoms. The van der Waals surface area contributed by atoms with Crippen molar-refractivity contribution in [2.45, 2.75) is 32.3 Å². The molecule has 90 valence electrons. The largest absolute Gasteiger partial charge is 0.457 e. The lowest BCUT2D eigenvalue weighted by Crippen LogP contribution is -2.41. The van der Waals surface area contributed by atoms with Gasteiger partial charge in [0.05, 0.1) is 11.2 Å². The standard InChI is InChI=1S/C11H16BrNO3/c1-3-11(15,4-2)7-13-10(14)8-5-9(12)16-6-8/h5-6,15H,3-4,7H2,1-2H3,(H,13,14). The van der Waals surface area contributed by atoms with E-state index in [1.165, 1.54) is 6.26 Å². The van der Waals surface area contributed by atoms with Crippen molar-refractivity contribution in [3.63, 3.8) is 0 Å². The van der Waals surface area contributed by atoms with Gasteiger partial charge in [0.1, 0.15) is 6.26 Å². The Morgan fingerprint density at radius 3 is 2.62 bits per heavy atom. The molecule has 2 N–H and O–H groups in total. The Morgan fingerprint density at radius 1 is 1.56 bits per heavy atom. The molecule has 1 heterocycles. The average Bonchev–Trinajstić information content (AvgIpc) is 2.72. The molecule has 1 rings (SSSR count). The Balaban J connectivity index is 2.53. The minimum absolute atomic E-state index is 0.241. The van der Waals surface area contributed by atoms with Crippen molar-refractivity contribution in [1.29, 1.82) is 0 Å². The molecule has 1 amide bonds. The van der Waals surface area contributed by atoms with Crippen LogP contribution in [0.25, 0.3) is 0 Å². The van der Waals surface area contributed by atoms with E-state index in [0.717, 1.165) is 0 Å². The molecule has 16 heavy (non-hydrogen) atoms. The van der Waals surface area contributed by atoms with Crippen LogP contribution in [-0.4, -0.2) is 23.2 Å². The van der Waals surface area contributed by atoms with Gasteiger partial charge in [0.25, 0.3) is 5.91 Å². The average molecular weight is 290 g/mol. The summed E-state index contributed by atoms with van der Waals surface area (Å²) >= 11 is 3.12. The highest BCUT2D eigenvalue weighted by molar-refractivity contribution is 9.10. The highest BCUT2D eigenvalue weighted by Gasteiger charge is 2.23. The molecule has 1 aromatic heterocycles. The van der Waals surface area contributed by atoms with Gasteiger partial charge in [-0.2, -0.15) is 0 Å². The van der Waals surface area contributed by atoms with Crippen molar-refractivity contribution >= 4 is 21.8 Å². The SMILES string of the molecule is CCC(O)(CC)CNC(=O)c1coc(Br)c1. The zero-order chi connectivity index (χ0) is 12.2. The predicted molar refractivity (Wildman–Crippen MR) is 64.3 cm³/mol. The topological polar surface area (TPSA) is 62.5 Å². The van der Waals surface area contributed by atoms with E-state index in [2.05, 4.69) is 21.2 Å². The first-order valence-corrected chi connectivity index (χ1v) is 6.04. The maximum Gasteiger partial charge on any atom is 0.254 e. The smallest absolute Gasteiger partial charge is 0.254 e. The molecular weight excluding hydrogens is 274 g/mol. The zero-order valence-corrected chi connectivity index (χ0v) is 11.0. The number of nitrogens with one attached hydrogen (secondary N) is 1. The molecule has 0 atom stereocenters. The van der Waals surface area contributed by atoms with Crippen LogP contribution in [0.3, 0.4) is 0 Å². The maximum atomic E-state index is 11.6. The molecule has 0 radical (unpaired) electrons. The number of rotatable bonds is 5. The number of hydrogen-bond acceptors (Lipinski definition) is 3. The fraction of sp³-hybridized carbons (Fsp3) is 0.545. The highest BCUT2D eigenvalue weighted by Crippen LogP contribution is 2.15. The Kier molecular flexibility index (Phi) is 4.56. The summed E-state index contributed by atoms with van der Waals surface area (Å²) in [5.41, 5.74) is -0.377. The van der Waals surface area contributed by atoms with E-state index in [4.69, 9.17) is 4.42 Å². The van der Waals surface area contributed by atoms with Crippen LogP contribution in [0.4, 0.5) is 0 Å². The van der Waals surface area contributed by atoms with E-state index >= 15 is 0 Å². The molecule has 0 aliphatic rings. The van der Waals surface area contributed by atoms with E-state index in [-0.39, 0.29) is 12.5 Å². The third-order valence-corrected chi connectivity index (χ3v) is 3.14. The summed E-state index contributed by atoms with van der Waals surface area (Å²) in [6.07, 6.45) is 2.59. The van der Waals surface area contributed by atoms with Gasteiger partial charge in [0.15, 0.2) is 4.67 Å². The second kappa shape index (κ2) is 5.50. The van der Waals surface area contributed by atoms with Crippen LogP contribution in [-0.2, 0) is 0 Å². The summed E-state index contributed by atoms with van der Waals surface area (Å²) in [6.45, 7) is 4.04. The first-order chi connectivity index (χ1) is 7.50. The summed E-state index contributed by atoms with van der Waals surface area (Å²) in [7, 11) is 0. The number of hydrogen-bond donors (Lipinski definition) is 2. The fourth-order valence-corrected chi connectivity index (χ4v) is 1.62. The third-order valence-electron chi connectivity index (χ3n) is 2.72. The van der Waals surface area contributed by atoms with Gasteiger partial charge in [0.2, 0.25) is 0 Å². The lowest BCUT2D eigenvalue weighted by molar-refractivity contribution is 0.0314. The lowest BCUT2D eigenvalue weighted by atomic mass is 9.97. The summed E-state index contributed by atoms with van der Waals surface area (Å²) in [4.78, 5) is 11.6. The maximum absolute atomic E-state index is 11.6. The highest BCUT2D eigenvalue weighted by atomic mass is 79.9. The molecule has 0 fully saturated rings. The van der Waals surface area contributed by atoms with E-state index in [0.29, 0.717) is 23.1 Å². The van der Waals surface area contributed by atoms with Gasteiger partial charge in [-0.3, -0.25) is 4.79 Å². The number of furan rings is 1. The van der Waals surface area contributed by atoms with Crippen molar-refractivity contribution in [2.75, 3.05) is 6.54 Å². The monoisotopic (exact) mass is 289 g/mol. The minimum atomic E-state index is -0.823. The van der Waals surface area contributed by atoms with Gasteiger partial charge in [-0.15, -0.1) is 0 Å². The van der Waals surface area contributed by atoms with E-state index in [9.17, 15) is 9.90 Å². The molecule has 0 saturated heterocycles. The van der Waals surface area contributed by atoms with Crippen LogP contribution in [0.15, 0.2) is 21.4 Å². The molecule has 0 bridgehead atoms. The second-order valence-electron chi connectivity index (χ2n) is 3.75. The predicted octanol–water partition coefficient (Wildman–Crippen LogP) is 2.32. The first kappa shape index (κ1) is 13.3. The molecule has 4 nitrogen and oxygen atoms in total. The van der Waals surface area contributed by atoms with Gasteiger partial charge in [-0.05, 0) is 28.8 Å². The molecule has 0 unspecified atom stereocenters. The van der Waals surface area contributed by atoms with Crippen molar-refractivity contribution in [2.24, 2.45) is 0 Å². The van der Waals surface area contributed by atoms with Gasteiger partial charge >= 0.3 is 0 Å². The van der Waals surface area contributed by atoms with Crippen LogP contribution in [0.5, 0.6) is 0 Å². The molecule has 0 aromatic carbocycles.